The highest BCUT2D eigenvalue weighted by Gasteiger charge is 2.17. The van der Waals surface area contributed by atoms with E-state index in [9.17, 15) is 4.79 Å². The van der Waals surface area contributed by atoms with Crippen molar-refractivity contribution in [3.63, 3.8) is 0 Å². The average molecular weight is 384 g/mol. The Kier molecular flexibility index (Phi) is 4.98. The van der Waals surface area contributed by atoms with Crippen LogP contribution in [0.2, 0.25) is 5.02 Å². The molecule has 1 aliphatic heterocycles. The Balaban J connectivity index is 1.36. The van der Waals surface area contributed by atoms with Crippen molar-refractivity contribution in [2.24, 2.45) is 0 Å². The second kappa shape index (κ2) is 7.72. The summed E-state index contributed by atoms with van der Waals surface area (Å²) in [4.78, 5) is 12.3. The predicted molar refractivity (Wildman–Crippen MR) is 102 cm³/mol. The van der Waals surface area contributed by atoms with Crippen molar-refractivity contribution in [3.05, 3.63) is 71.0 Å². The Labute approximate surface area is 161 Å². The van der Waals surface area contributed by atoms with E-state index in [-0.39, 0.29) is 12.3 Å². The predicted octanol–water partition coefficient (Wildman–Crippen LogP) is 3.16. The highest BCUT2D eigenvalue weighted by molar-refractivity contribution is 6.32. The van der Waals surface area contributed by atoms with Gasteiger partial charge in [0, 0.05) is 18.3 Å². The van der Waals surface area contributed by atoms with Gasteiger partial charge in [-0.1, -0.05) is 29.8 Å². The number of nitrogens with one attached hydrogen (secondary N) is 1. The molecule has 0 bridgehead atoms. The third kappa shape index (κ3) is 4.06. The zero-order valence-electron chi connectivity index (χ0n) is 14.5. The fourth-order valence-electron chi connectivity index (χ4n) is 2.89. The highest BCUT2D eigenvalue weighted by atomic mass is 35.5. The number of halogens is 1. The van der Waals surface area contributed by atoms with Gasteiger partial charge in [-0.15, -0.1) is 0 Å². The fourth-order valence-corrected chi connectivity index (χ4v) is 3.18. The maximum atomic E-state index is 12.3. The number of para-hydroxylation sites is 1. The summed E-state index contributed by atoms with van der Waals surface area (Å²) in [5.41, 5.74) is 2.68. The van der Waals surface area contributed by atoms with Crippen molar-refractivity contribution in [3.8, 4) is 17.2 Å². The van der Waals surface area contributed by atoms with E-state index in [1.165, 1.54) is 0 Å². The largest absolute Gasteiger partial charge is 0.486 e. The highest BCUT2D eigenvalue weighted by Crippen LogP contribution is 2.38. The lowest BCUT2D eigenvalue weighted by Crippen LogP contribution is -2.24. The average Bonchev–Trinajstić information content (AvgIpc) is 3.16. The Bertz CT molecular complexity index is 956. The van der Waals surface area contributed by atoms with Gasteiger partial charge < -0.3 is 14.8 Å². The van der Waals surface area contributed by atoms with E-state index in [4.69, 9.17) is 21.1 Å². The summed E-state index contributed by atoms with van der Waals surface area (Å²) in [5, 5.41) is 7.69. The first-order valence-corrected chi connectivity index (χ1v) is 9.00. The number of benzene rings is 2. The van der Waals surface area contributed by atoms with Crippen molar-refractivity contribution in [2.75, 3.05) is 13.2 Å². The van der Waals surface area contributed by atoms with Crippen molar-refractivity contribution in [1.29, 1.82) is 0 Å². The van der Waals surface area contributed by atoms with Crippen LogP contribution in [0.25, 0.3) is 5.69 Å². The number of nitrogens with zero attached hydrogens (tertiary/aromatic N) is 2. The van der Waals surface area contributed by atoms with Crippen molar-refractivity contribution >= 4 is 17.5 Å². The van der Waals surface area contributed by atoms with Crippen LogP contribution in [0.15, 0.2) is 54.9 Å². The molecule has 0 aliphatic carbocycles. The molecule has 6 nitrogen and oxygen atoms in total. The van der Waals surface area contributed by atoms with Crippen LogP contribution in [-0.2, 0) is 17.8 Å². The molecule has 0 atom stereocenters. The zero-order valence-corrected chi connectivity index (χ0v) is 15.3. The molecule has 4 rings (SSSR count). The standard InChI is InChI=1S/C20H18ClN3O3/c21-17-8-14(9-18-20(17)27-7-6-26-18)10-19(25)22-11-15-12-23-24(13-15)16-4-2-1-3-5-16/h1-5,8-9,12-13H,6-7,10-11H2,(H,22,25). The second-order valence-corrected chi connectivity index (χ2v) is 6.59. The minimum absolute atomic E-state index is 0.102. The molecule has 1 N–H and O–H groups in total. The molecule has 7 heteroatoms. The Morgan fingerprint density at radius 1 is 1.15 bits per heavy atom. The molecule has 138 valence electrons. The summed E-state index contributed by atoms with van der Waals surface area (Å²) in [7, 11) is 0. The van der Waals surface area contributed by atoms with Gasteiger partial charge in [0.15, 0.2) is 11.5 Å². The van der Waals surface area contributed by atoms with Crippen molar-refractivity contribution in [1.82, 2.24) is 15.1 Å². The Morgan fingerprint density at radius 2 is 1.96 bits per heavy atom. The van der Waals surface area contributed by atoms with Gasteiger partial charge in [0.05, 0.1) is 23.3 Å². The molecule has 2 aromatic carbocycles. The van der Waals surface area contributed by atoms with Gasteiger partial charge in [-0.25, -0.2) is 4.68 Å². The quantitative estimate of drug-likeness (QED) is 0.735. The number of ether oxygens (including phenoxy) is 2. The van der Waals surface area contributed by atoms with Crippen molar-refractivity contribution in [2.45, 2.75) is 13.0 Å². The van der Waals surface area contributed by atoms with Crippen LogP contribution in [0, 0.1) is 0 Å². The summed E-state index contributed by atoms with van der Waals surface area (Å²) >= 11 is 6.22. The smallest absolute Gasteiger partial charge is 0.224 e. The van der Waals surface area contributed by atoms with Gasteiger partial charge in [0.2, 0.25) is 5.91 Å². The lowest BCUT2D eigenvalue weighted by molar-refractivity contribution is -0.120. The van der Waals surface area contributed by atoms with Gasteiger partial charge in [0.25, 0.3) is 0 Å². The number of rotatable bonds is 5. The van der Waals surface area contributed by atoms with Crippen LogP contribution in [0.5, 0.6) is 11.5 Å². The fraction of sp³-hybridized carbons (Fsp3) is 0.200. The van der Waals surface area contributed by atoms with E-state index < -0.39 is 0 Å². The lowest BCUT2D eigenvalue weighted by Gasteiger charge is -2.20. The van der Waals surface area contributed by atoms with Crippen LogP contribution in [0.3, 0.4) is 0 Å². The van der Waals surface area contributed by atoms with Gasteiger partial charge in [-0.05, 0) is 29.8 Å². The molecule has 0 saturated heterocycles. The minimum Gasteiger partial charge on any atom is -0.486 e. The van der Waals surface area contributed by atoms with E-state index in [1.54, 1.807) is 23.0 Å². The Hall–Kier alpha value is -2.99. The number of hydrogen-bond donors (Lipinski definition) is 1. The van der Waals surface area contributed by atoms with E-state index >= 15 is 0 Å². The van der Waals surface area contributed by atoms with Crippen LogP contribution in [0.1, 0.15) is 11.1 Å². The number of carbonyl (C=O) groups excluding carboxylic acids is 1. The summed E-state index contributed by atoms with van der Waals surface area (Å²) in [6.45, 7) is 1.36. The van der Waals surface area contributed by atoms with E-state index in [0.717, 1.165) is 16.8 Å². The monoisotopic (exact) mass is 383 g/mol. The number of aromatic nitrogens is 2. The van der Waals surface area contributed by atoms with Gasteiger partial charge in [-0.2, -0.15) is 5.10 Å². The number of hydrogen-bond acceptors (Lipinski definition) is 4. The van der Waals surface area contributed by atoms with Gasteiger partial charge in [0.1, 0.15) is 13.2 Å². The lowest BCUT2D eigenvalue weighted by atomic mass is 10.1. The molecule has 2 heterocycles. The van der Waals surface area contributed by atoms with Crippen LogP contribution in [-0.4, -0.2) is 28.9 Å². The third-order valence-corrected chi connectivity index (χ3v) is 4.45. The SMILES string of the molecule is O=C(Cc1cc(Cl)c2c(c1)OCCO2)NCc1cnn(-c2ccccc2)c1. The molecule has 27 heavy (non-hydrogen) atoms. The third-order valence-electron chi connectivity index (χ3n) is 4.17. The maximum absolute atomic E-state index is 12.3. The first-order chi connectivity index (χ1) is 13.2. The molecule has 1 aromatic heterocycles. The van der Waals surface area contributed by atoms with Gasteiger partial charge in [-0.3, -0.25) is 4.79 Å². The molecule has 0 spiro atoms. The normalized spacial score (nSPS) is 12.6. The summed E-state index contributed by atoms with van der Waals surface area (Å²) in [5.74, 6) is 1.02. The molecule has 0 radical (unpaired) electrons. The van der Waals surface area contributed by atoms with E-state index in [2.05, 4.69) is 10.4 Å². The first-order valence-electron chi connectivity index (χ1n) is 8.63. The Morgan fingerprint density at radius 3 is 2.81 bits per heavy atom. The zero-order chi connectivity index (χ0) is 18.6. The van der Waals surface area contributed by atoms with E-state index in [0.29, 0.717) is 36.3 Å². The van der Waals surface area contributed by atoms with Crippen LogP contribution >= 0.6 is 11.6 Å². The van der Waals surface area contributed by atoms with E-state index in [1.807, 2.05) is 36.5 Å². The molecule has 1 amide bonds. The molecule has 0 unspecified atom stereocenters. The number of amides is 1. The second-order valence-electron chi connectivity index (χ2n) is 6.18. The molecule has 0 fully saturated rings. The molecular formula is C20H18ClN3O3. The molecule has 1 aliphatic rings. The number of fused-ring (bicyclic) bond motifs is 1. The topological polar surface area (TPSA) is 65.4 Å². The molecule has 0 saturated carbocycles. The maximum Gasteiger partial charge on any atom is 0.224 e. The van der Waals surface area contributed by atoms with Gasteiger partial charge >= 0.3 is 0 Å². The molecule has 3 aromatic rings. The van der Waals surface area contributed by atoms with Crippen molar-refractivity contribution < 1.29 is 14.3 Å². The summed E-state index contributed by atoms with van der Waals surface area (Å²) < 4.78 is 12.8. The summed E-state index contributed by atoms with van der Waals surface area (Å²) in [6.07, 6.45) is 3.86. The minimum atomic E-state index is -0.102. The summed E-state index contributed by atoms with van der Waals surface area (Å²) in [6, 6.07) is 13.4. The number of carbonyl (C=O) groups is 1. The molecular weight excluding hydrogens is 366 g/mol. The first kappa shape index (κ1) is 17.4. The van der Waals surface area contributed by atoms with Crippen LogP contribution < -0.4 is 14.8 Å². The van der Waals surface area contributed by atoms with Crippen LogP contribution in [0.4, 0.5) is 0 Å².